The molecular weight excluding hydrogens is 837 g/mol. The Bertz CT molecular complexity index is 2800. The predicted octanol–water partition coefficient (Wildman–Crippen LogP) is 12.9. The van der Waals surface area contributed by atoms with E-state index in [1.807, 2.05) is 36.4 Å². The predicted molar refractivity (Wildman–Crippen MR) is 228 cm³/mol. The molecule has 9 aromatic rings. The van der Waals surface area contributed by atoms with Crippen LogP contribution < -0.4 is 5.19 Å². The number of hydrogen-bond donors (Lipinski definition) is 0. The summed E-state index contributed by atoms with van der Waals surface area (Å²) < 4.78 is 21.9. The summed E-state index contributed by atoms with van der Waals surface area (Å²) in [7, 11) is -1.40. The SMILES string of the molecule is C[Si](C)(C)c1ccc(-c2[c-]cc3c4ccccc4c4ccc(-c5ccc6ccccc6c5)cc4c3c2)nc1.[2H]C([2H])([2H])c1cccc(-c2ccccc2)n1.[CH3-].[Ir]. The molecule has 0 aliphatic rings. The van der Waals surface area contributed by atoms with Gasteiger partial charge in [-0.05, 0) is 80.1 Å². The van der Waals surface area contributed by atoms with Gasteiger partial charge in [-0.2, -0.15) is 0 Å². The topological polar surface area (TPSA) is 25.8 Å². The smallest absolute Gasteiger partial charge is 0.0795 e. The minimum absolute atomic E-state index is 0. The molecule has 0 aliphatic heterocycles. The number of pyridine rings is 2. The van der Waals surface area contributed by atoms with Gasteiger partial charge in [0.15, 0.2) is 0 Å². The molecule has 0 aliphatic carbocycles. The molecule has 2 heterocycles. The average molecular weight is 882 g/mol. The van der Waals surface area contributed by atoms with Crippen LogP contribution in [0.2, 0.25) is 19.6 Å². The number of benzene rings is 7. The third-order valence-electron chi connectivity index (χ3n) is 9.57. The van der Waals surface area contributed by atoms with Crippen LogP contribution in [0.15, 0.2) is 164 Å². The van der Waals surface area contributed by atoms with E-state index >= 15 is 0 Å². The summed E-state index contributed by atoms with van der Waals surface area (Å²) in [6, 6.07) is 57.9. The second-order valence-electron chi connectivity index (χ2n) is 14.0. The number of aryl methyl sites for hydroxylation is 1. The summed E-state index contributed by atoms with van der Waals surface area (Å²) >= 11 is 0. The van der Waals surface area contributed by atoms with Crippen molar-refractivity contribution >= 4 is 56.4 Å². The van der Waals surface area contributed by atoms with Crippen LogP contribution in [0.3, 0.4) is 0 Å². The first-order valence-corrected chi connectivity index (χ1v) is 20.8. The summed E-state index contributed by atoms with van der Waals surface area (Å²) in [5.41, 5.74) is 6.22. The molecule has 0 spiro atoms. The standard InChI is InChI=1S/C36H28NSi.C12H11N.CH3.Ir/c1-38(2,3)29-16-19-36(37-23-29)28-15-18-33-31-11-7-6-10-30(31)32-17-14-27(21-34(32)35(33)22-28)26-13-12-24-8-4-5-9-25(24)20-26;1-10-6-5-9-12(13-10)11-7-3-2-4-8-11;;/h4-14,16-23H,1-3H3;2-9H,1H3;1H3;/q-1;;-1;/i;1D3;;. The Labute approximate surface area is 332 Å². The molecule has 0 atom stereocenters. The number of aromatic nitrogens is 2. The van der Waals surface area contributed by atoms with Gasteiger partial charge in [0.25, 0.3) is 0 Å². The fourth-order valence-corrected chi connectivity index (χ4v) is 7.82. The molecule has 0 saturated heterocycles. The fourth-order valence-electron chi connectivity index (χ4n) is 6.79. The van der Waals surface area contributed by atoms with Gasteiger partial charge >= 0.3 is 0 Å². The van der Waals surface area contributed by atoms with E-state index in [4.69, 9.17) is 9.10 Å². The van der Waals surface area contributed by atoms with Gasteiger partial charge in [-0.3, -0.25) is 4.98 Å². The number of hydrogen-bond acceptors (Lipinski definition) is 2. The molecule has 9 rings (SSSR count). The largest absolute Gasteiger partial charge is 0.358 e. The van der Waals surface area contributed by atoms with Gasteiger partial charge in [-0.15, -0.1) is 23.8 Å². The van der Waals surface area contributed by atoms with Gasteiger partial charge in [0.2, 0.25) is 0 Å². The quantitative estimate of drug-likeness (QED) is 0.1000. The van der Waals surface area contributed by atoms with Crippen molar-refractivity contribution in [2.75, 3.05) is 0 Å². The minimum atomic E-state index is -2.15. The molecule has 0 unspecified atom stereocenters. The van der Waals surface area contributed by atoms with Gasteiger partial charge in [0.1, 0.15) is 0 Å². The maximum Gasteiger partial charge on any atom is 0.0795 e. The van der Waals surface area contributed by atoms with Crippen molar-refractivity contribution in [1.82, 2.24) is 9.97 Å². The van der Waals surface area contributed by atoms with Crippen molar-refractivity contribution in [3.8, 4) is 33.6 Å². The minimum Gasteiger partial charge on any atom is -0.358 e. The average Bonchev–Trinajstić information content (AvgIpc) is 3.20. The molecule has 4 heteroatoms. The van der Waals surface area contributed by atoms with Gasteiger partial charge < -0.3 is 12.4 Å². The van der Waals surface area contributed by atoms with E-state index in [0.29, 0.717) is 5.69 Å². The first kappa shape index (κ1) is 33.6. The Morgan fingerprint density at radius 2 is 1.19 bits per heavy atom. The van der Waals surface area contributed by atoms with Crippen molar-refractivity contribution in [1.29, 1.82) is 0 Å². The molecule has 0 N–H and O–H groups in total. The third kappa shape index (κ3) is 7.77. The van der Waals surface area contributed by atoms with E-state index in [0.717, 1.165) is 16.8 Å². The van der Waals surface area contributed by atoms with E-state index in [1.54, 1.807) is 6.07 Å². The molecule has 0 saturated carbocycles. The van der Waals surface area contributed by atoms with Gasteiger partial charge in [0, 0.05) is 41.7 Å². The molecule has 7 aromatic carbocycles. The Balaban J connectivity index is 0.000000250. The van der Waals surface area contributed by atoms with E-state index in [2.05, 4.69) is 146 Å². The maximum atomic E-state index is 7.30. The zero-order chi connectivity index (χ0) is 37.5. The molecule has 0 amide bonds. The Kier molecular flexibility index (Phi) is 9.99. The summed E-state index contributed by atoms with van der Waals surface area (Å²) in [5, 5.41) is 11.4. The van der Waals surface area contributed by atoms with E-state index in [-0.39, 0.29) is 33.2 Å². The van der Waals surface area contributed by atoms with Gasteiger partial charge in [-0.1, -0.05) is 157 Å². The first-order chi connectivity index (χ1) is 26.0. The Hall–Kier alpha value is -5.25. The van der Waals surface area contributed by atoms with Crippen molar-refractivity contribution in [3.63, 3.8) is 0 Å². The molecule has 2 aromatic heterocycles. The second kappa shape index (κ2) is 15.8. The monoisotopic (exact) mass is 882 g/mol. The summed E-state index contributed by atoms with van der Waals surface area (Å²) in [5.74, 6) is 0. The molecule has 2 nitrogen and oxygen atoms in total. The number of rotatable bonds is 4. The summed E-state index contributed by atoms with van der Waals surface area (Å²) in [6.07, 6.45) is 2.07. The van der Waals surface area contributed by atoms with Crippen LogP contribution in [0.1, 0.15) is 9.81 Å². The molecule has 53 heavy (non-hydrogen) atoms. The Morgan fingerprint density at radius 1 is 0.528 bits per heavy atom. The zero-order valence-corrected chi connectivity index (χ0v) is 33.7. The third-order valence-corrected chi connectivity index (χ3v) is 11.6. The molecular formula is C49H42IrN2Si-2. The van der Waals surface area contributed by atoms with Crippen LogP contribution in [-0.2, 0) is 20.1 Å². The molecule has 0 fully saturated rings. The molecule has 0 bridgehead atoms. The zero-order valence-electron chi connectivity index (χ0n) is 33.3. The summed E-state index contributed by atoms with van der Waals surface area (Å²) in [6.45, 7) is 4.92. The second-order valence-corrected chi connectivity index (χ2v) is 19.1. The van der Waals surface area contributed by atoms with Crippen LogP contribution in [0.4, 0.5) is 0 Å². The first-order valence-electron chi connectivity index (χ1n) is 18.8. The maximum absolute atomic E-state index is 7.30. The van der Waals surface area contributed by atoms with Crippen molar-refractivity contribution in [3.05, 3.63) is 183 Å². The number of fused-ring (bicyclic) bond motifs is 7. The van der Waals surface area contributed by atoms with Crippen molar-refractivity contribution in [2.45, 2.75) is 26.5 Å². The van der Waals surface area contributed by atoms with Crippen molar-refractivity contribution in [2.24, 2.45) is 0 Å². The van der Waals surface area contributed by atoms with E-state index in [1.165, 1.54) is 65.5 Å². The Morgan fingerprint density at radius 3 is 1.92 bits per heavy atom. The summed E-state index contributed by atoms with van der Waals surface area (Å²) in [4.78, 5) is 9.01. The van der Waals surface area contributed by atoms with Crippen LogP contribution in [0.5, 0.6) is 0 Å². The molecule has 1 radical (unpaired) electrons. The van der Waals surface area contributed by atoms with E-state index in [9.17, 15) is 0 Å². The van der Waals surface area contributed by atoms with Crippen LogP contribution in [-0.4, -0.2) is 18.0 Å². The van der Waals surface area contributed by atoms with Gasteiger partial charge in [0.05, 0.1) is 13.8 Å². The normalized spacial score (nSPS) is 12.2. The number of nitrogens with zero attached hydrogens (tertiary/aromatic N) is 2. The van der Waals surface area contributed by atoms with Crippen molar-refractivity contribution < 1.29 is 24.2 Å². The van der Waals surface area contributed by atoms with E-state index < -0.39 is 14.9 Å². The van der Waals surface area contributed by atoms with Crippen LogP contribution >= 0.6 is 0 Å². The molecule has 263 valence electrons. The fraction of sp³-hybridized carbons (Fsp3) is 0.0816. The van der Waals surface area contributed by atoms with Gasteiger partial charge in [-0.25, -0.2) is 0 Å². The van der Waals surface area contributed by atoms with Crippen LogP contribution in [0, 0.1) is 20.3 Å². The van der Waals surface area contributed by atoms with Crippen LogP contribution in [0.25, 0.3) is 76.7 Å².